The smallest absolute Gasteiger partial charge is 0.308 e. The summed E-state index contributed by atoms with van der Waals surface area (Å²) in [6.07, 6.45) is 3.40. The van der Waals surface area contributed by atoms with Gasteiger partial charge in [-0.2, -0.15) is 0 Å². The highest BCUT2D eigenvalue weighted by Crippen LogP contribution is 2.24. The van der Waals surface area contributed by atoms with Crippen molar-refractivity contribution in [1.29, 1.82) is 0 Å². The number of amides is 1. The predicted octanol–water partition coefficient (Wildman–Crippen LogP) is -0.349. The normalized spacial score (nSPS) is 28.8. The molecule has 19 heavy (non-hydrogen) atoms. The van der Waals surface area contributed by atoms with Gasteiger partial charge in [-0.1, -0.05) is 12.8 Å². The van der Waals surface area contributed by atoms with Crippen LogP contribution in [0.4, 0.5) is 0 Å². The van der Waals surface area contributed by atoms with Crippen LogP contribution in [0.2, 0.25) is 0 Å². The first-order valence-corrected chi connectivity index (χ1v) is 7.12. The molecule has 6 nitrogen and oxygen atoms in total. The maximum atomic E-state index is 12.0. The van der Waals surface area contributed by atoms with E-state index in [9.17, 15) is 14.7 Å². The third kappa shape index (κ3) is 4.18. The lowest BCUT2D eigenvalue weighted by molar-refractivity contribution is -0.144. The van der Waals surface area contributed by atoms with Crippen molar-refractivity contribution in [3.63, 3.8) is 0 Å². The molecule has 0 aromatic rings. The van der Waals surface area contributed by atoms with Crippen LogP contribution in [-0.4, -0.2) is 60.6 Å². The molecule has 1 heterocycles. The summed E-state index contributed by atoms with van der Waals surface area (Å²) >= 11 is 0. The van der Waals surface area contributed by atoms with Crippen LogP contribution in [0.5, 0.6) is 0 Å². The molecular formula is C13H23N3O3. The maximum Gasteiger partial charge on any atom is 0.308 e. The lowest BCUT2D eigenvalue weighted by Crippen LogP contribution is -2.51. The highest BCUT2D eigenvalue weighted by molar-refractivity contribution is 5.79. The number of rotatable bonds is 4. The molecule has 1 aliphatic heterocycles. The van der Waals surface area contributed by atoms with Gasteiger partial charge in [-0.05, 0) is 12.8 Å². The molecule has 6 heteroatoms. The molecule has 108 valence electrons. The molecule has 0 radical (unpaired) electrons. The number of carbonyl (C=O) groups is 2. The number of carboxylic acids is 1. The van der Waals surface area contributed by atoms with Crippen molar-refractivity contribution in [1.82, 2.24) is 15.5 Å². The third-order valence-electron chi connectivity index (χ3n) is 4.01. The van der Waals surface area contributed by atoms with Crippen LogP contribution < -0.4 is 10.6 Å². The number of hydrogen-bond acceptors (Lipinski definition) is 4. The molecule has 1 aliphatic carbocycles. The van der Waals surface area contributed by atoms with Crippen molar-refractivity contribution in [3.05, 3.63) is 0 Å². The second kappa shape index (κ2) is 6.86. The zero-order valence-corrected chi connectivity index (χ0v) is 11.2. The fourth-order valence-corrected chi connectivity index (χ4v) is 2.92. The fraction of sp³-hybridized carbons (Fsp3) is 0.846. The second-order valence-electron chi connectivity index (χ2n) is 5.43. The van der Waals surface area contributed by atoms with Crippen LogP contribution in [0.1, 0.15) is 25.7 Å². The quantitative estimate of drug-likeness (QED) is 0.650. The Bertz CT molecular complexity index is 329. The van der Waals surface area contributed by atoms with Crippen molar-refractivity contribution in [2.45, 2.75) is 31.7 Å². The first kappa shape index (κ1) is 14.3. The average Bonchev–Trinajstić information content (AvgIpc) is 2.40. The van der Waals surface area contributed by atoms with E-state index in [0.29, 0.717) is 13.0 Å². The molecular weight excluding hydrogens is 246 g/mol. The van der Waals surface area contributed by atoms with Gasteiger partial charge in [-0.15, -0.1) is 0 Å². The van der Waals surface area contributed by atoms with E-state index in [2.05, 4.69) is 15.5 Å². The number of carboxylic acid groups (broad SMARTS) is 1. The van der Waals surface area contributed by atoms with E-state index < -0.39 is 11.9 Å². The highest BCUT2D eigenvalue weighted by Gasteiger charge is 2.31. The van der Waals surface area contributed by atoms with Crippen molar-refractivity contribution in [3.8, 4) is 0 Å². The molecule has 0 aromatic heterocycles. The van der Waals surface area contributed by atoms with E-state index in [1.54, 1.807) is 0 Å². The summed E-state index contributed by atoms with van der Waals surface area (Å²) < 4.78 is 0. The zero-order valence-electron chi connectivity index (χ0n) is 11.2. The van der Waals surface area contributed by atoms with Gasteiger partial charge in [0.05, 0.1) is 12.5 Å². The van der Waals surface area contributed by atoms with Crippen LogP contribution in [0.3, 0.4) is 0 Å². The van der Waals surface area contributed by atoms with Crippen molar-refractivity contribution in [2.24, 2.45) is 5.92 Å². The molecule has 1 amide bonds. The van der Waals surface area contributed by atoms with Crippen LogP contribution in [-0.2, 0) is 9.59 Å². The summed E-state index contributed by atoms with van der Waals surface area (Å²) in [6, 6.07) is -0.193. The van der Waals surface area contributed by atoms with Gasteiger partial charge in [-0.25, -0.2) is 0 Å². The lowest BCUT2D eigenvalue weighted by atomic mass is 9.84. The maximum absolute atomic E-state index is 12.0. The van der Waals surface area contributed by atoms with Gasteiger partial charge < -0.3 is 15.7 Å². The van der Waals surface area contributed by atoms with Gasteiger partial charge in [-0.3, -0.25) is 14.5 Å². The lowest BCUT2D eigenvalue weighted by Gasteiger charge is -2.31. The number of nitrogens with one attached hydrogen (secondary N) is 2. The summed E-state index contributed by atoms with van der Waals surface area (Å²) in [5, 5.41) is 15.3. The molecule has 0 aromatic carbocycles. The van der Waals surface area contributed by atoms with Crippen LogP contribution >= 0.6 is 0 Å². The van der Waals surface area contributed by atoms with Crippen LogP contribution in [0, 0.1) is 5.92 Å². The first-order chi connectivity index (χ1) is 9.16. The monoisotopic (exact) mass is 269 g/mol. The largest absolute Gasteiger partial charge is 0.481 e. The number of hydrogen-bond donors (Lipinski definition) is 3. The summed E-state index contributed by atoms with van der Waals surface area (Å²) in [4.78, 5) is 25.2. The Morgan fingerprint density at radius 1 is 1.21 bits per heavy atom. The first-order valence-electron chi connectivity index (χ1n) is 7.12. The summed E-state index contributed by atoms with van der Waals surface area (Å²) in [6.45, 7) is 3.95. The van der Waals surface area contributed by atoms with E-state index >= 15 is 0 Å². The second-order valence-corrected chi connectivity index (χ2v) is 5.43. The van der Waals surface area contributed by atoms with E-state index in [1.807, 2.05) is 0 Å². The molecule has 2 aliphatic rings. The number of nitrogens with zero attached hydrogens (tertiary/aromatic N) is 1. The van der Waals surface area contributed by atoms with Crippen molar-refractivity contribution >= 4 is 11.9 Å². The van der Waals surface area contributed by atoms with Gasteiger partial charge in [0, 0.05) is 32.2 Å². The van der Waals surface area contributed by atoms with E-state index in [1.165, 1.54) is 0 Å². The summed E-state index contributed by atoms with van der Waals surface area (Å²) in [7, 11) is 0. The van der Waals surface area contributed by atoms with Gasteiger partial charge in [0.1, 0.15) is 0 Å². The molecule has 2 fully saturated rings. The van der Waals surface area contributed by atoms with E-state index in [0.717, 1.165) is 45.4 Å². The molecule has 3 N–H and O–H groups in total. The van der Waals surface area contributed by atoms with Crippen LogP contribution in [0.15, 0.2) is 0 Å². The minimum atomic E-state index is -0.785. The number of carbonyl (C=O) groups excluding carboxylic acids is 1. The predicted molar refractivity (Wildman–Crippen MR) is 70.8 cm³/mol. The molecule has 2 rings (SSSR count). The van der Waals surface area contributed by atoms with Gasteiger partial charge in [0.2, 0.25) is 5.91 Å². The molecule has 1 saturated heterocycles. The summed E-state index contributed by atoms with van der Waals surface area (Å²) in [5.74, 6) is -1.24. The Hall–Kier alpha value is -1.14. The van der Waals surface area contributed by atoms with Crippen LogP contribution in [0.25, 0.3) is 0 Å². The van der Waals surface area contributed by atoms with E-state index in [-0.39, 0.29) is 11.9 Å². The zero-order chi connectivity index (χ0) is 13.7. The molecule has 2 atom stereocenters. The fourth-order valence-electron chi connectivity index (χ4n) is 2.92. The van der Waals surface area contributed by atoms with Crippen molar-refractivity contribution < 1.29 is 14.7 Å². The standard InChI is InChI=1S/C13H23N3O3/c17-12(9-16-7-5-14-6-8-16)15-11-4-2-1-3-10(11)13(18)19/h10-11,14H,1-9H2,(H,15,17)(H,18,19). The number of aliphatic carboxylic acids is 1. The Balaban J connectivity index is 1.80. The SMILES string of the molecule is O=C(CN1CCNCC1)NC1CCCCC1C(=O)O. The Kier molecular flexibility index (Phi) is 5.15. The third-order valence-corrected chi connectivity index (χ3v) is 4.01. The van der Waals surface area contributed by atoms with Crippen molar-refractivity contribution in [2.75, 3.05) is 32.7 Å². The highest BCUT2D eigenvalue weighted by atomic mass is 16.4. The average molecular weight is 269 g/mol. The van der Waals surface area contributed by atoms with E-state index in [4.69, 9.17) is 0 Å². The number of piperazine rings is 1. The minimum Gasteiger partial charge on any atom is -0.481 e. The Morgan fingerprint density at radius 3 is 2.58 bits per heavy atom. The Labute approximate surface area is 113 Å². The summed E-state index contributed by atoms with van der Waals surface area (Å²) in [5.41, 5.74) is 0. The topological polar surface area (TPSA) is 81.7 Å². The van der Waals surface area contributed by atoms with Gasteiger partial charge in [0.15, 0.2) is 0 Å². The molecule has 0 bridgehead atoms. The van der Waals surface area contributed by atoms with Gasteiger partial charge >= 0.3 is 5.97 Å². The Morgan fingerprint density at radius 2 is 1.89 bits per heavy atom. The minimum absolute atomic E-state index is 0.0416. The molecule has 0 spiro atoms. The molecule has 1 saturated carbocycles. The van der Waals surface area contributed by atoms with Gasteiger partial charge in [0.25, 0.3) is 0 Å². The molecule has 2 unspecified atom stereocenters.